The van der Waals surface area contributed by atoms with Crippen LogP contribution in [-0.4, -0.2) is 28.5 Å². The van der Waals surface area contributed by atoms with Gasteiger partial charge in [-0.15, -0.1) is 0 Å². The number of carbonyl (C=O) groups excluding carboxylic acids is 1. The van der Waals surface area contributed by atoms with Gasteiger partial charge in [-0.05, 0) is 31.5 Å². The summed E-state index contributed by atoms with van der Waals surface area (Å²) in [5.74, 6) is -0.500. The van der Waals surface area contributed by atoms with Crippen molar-refractivity contribution in [3.8, 4) is 5.75 Å². The average molecular weight is 251 g/mol. The van der Waals surface area contributed by atoms with Crippen LogP contribution in [0.5, 0.6) is 5.75 Å². The lowest BCUT2D eigenvalue weighted by molar-refractivity contribution is -0.384. The van der Waals surface area contributed by atoms with Crippen LogP contribution in [0.1, 0.15) is 12.8 Å². The number of benzene rings is 1. The van der Waals surface area contributed by atoms with Crippen LogP contribution < -0.4 is 10.6 Å². The molecule has 1 fully saturated rings. The summed E-state index contributed by atoms with van der Waals surface area (Å²) in [6.45, 7) is 0.774. The fourth-order valence-electron chi connectivity index (χ4n) is 1.90. The van der Waals surface area contributed by atoms with Gasteiger partial charge in [-0.1, -0.05) is 0 Å². The second-order valence-electron chi connectivity index (χ2n) is 4.10. The van der Waals surface area contributed by atoms with Gasteiger partial charge in [-0.2, -0.15) is 0 Å². The molecule has 0 aromatic heterocycles. The van der Waals surface area contributed by atoms with E-state index in [-0.39, 0.29) is 29.1 Å². The Kier molecular flexibility index (Phi) is 3.42. The molecule has 0 spiro atoms. The molecule has 1 aliphatic rings. The number of nitro groups is 1. The van der Waals surface area contributed by atoms with Crippen molar-refractivity contribution in [3.05, 3.63) is 28.3 Å². The fourth-order valence-corrected chi connectivity index (χ4v) is 1.90. The maximum Gasteiger partial charge on any atom is 0.296 e. The van der Waals surface area contributed by atoms with E-state index >= 15 is 0 Å². The summed E-state index contributed by atoms with van der Waals surface area (Å²) >= 11 is 0. The van der Waals surface area contributed by atoms with Crippen LogP contribution in [0.15, 0.2) is 18.2 Å². The van der Waals surface area contributed by atoms with Crippen LogP contribution in [0.4, 0.5) is 11.4 Å². The van der Waals surface area contributed by atoms with E-state index in [4.69, 9.17) is 0 Å². The Morgan fingerprint density at radius 2 is 2.33 bits per heavy atom. The minimum atomic E-state index is -0.641. The highest BCUT2D eigenvalue weighted by atomic mass is 16.6. The summed E-state index contributed by atoms with van der Waals surface area (Å²) in [5.41, 5.74) is -0.224. The molecule has 1 saturated heterocycles. The molecular weight excluding hydrogens is 238 g/mol. The van der Waals surface area contributed by atoms with Gasteiger partial charge in [0, 0.05) is 0 Å². The largest absolute Gasteiger partial charge is 0.508 e. The smallest absolute Gasteiger partial charge is 0.296 e. The van der Waals surface area contributed by atoms with Crippen molar-refractivity contribution in [1.82, 2.24) is 5.32 Å². The molecule has 1 aromatic rings. The quantitative estimate of drug-likeness (QED) is 0.422. The third kappa shape index (κ3) is 2.57. The predicted molar refractivity (Wildman–Crippen MR) is 64.4 cm³/mol. The first-order chi connectivity index (χ1) is 8.58. The van der Waals surface area contributed by atoms with E-state index in [1.807, 2.05) is 0 Å². The van der Waals surface area contributed by atoms with E-state index in [1.54, 1.807) is 0 Å². The number of nitrogens with zero attached hydrogens (tertiary/aromatic N) is 1. The van der Waals surface area contributed by atoms with Gasteiger partial charge >= 0.3 is 0 Å². The Morgan fingerprint density at radius 1 is 1.56 bits per heavy atom. The predicted octanol–water partition coefficient (Wildman–Crippen LogP) is 0.991. The second kappa shape index (κ2) is 5.01. The van der Waals surface area contributed by atoms with E-state index in [9.17, 15) is 20.0 Å². The molecule has 96 valence electrons. The van der Waals surface area contributed by atoms with Crippen molar-refractivity contribution in [2.24, 2.45) is 0 Å². The van der Waals surface area contributed by atoms with Gasteiger partial charge in [-0.3, -0.25) is 14.9 Å². The zero-order valence-electron chi connectivity index (χ0n) is 9.55. The zero-order valence-corrected chi connectivity index (χ0v) is 9.55. The number of hydrogen-bond donors (Lipinski definition) is 3. The summed E-state index contributed by atoms with van der Waals surface area (Å²) in [6.07, 6.45) is 1.63. The van der Waals surface area contributed by atoms with Crippen molar-refractivity contribution in [2.75, 3.05) is 11.9 Å². The van der Waals surface area contributed by atoms with Crippen LogP contribution in [0.3, 0.4) is 0 Å². The topological polar surface area (TPSA) is 104 Å². The van der Waals surface area contributed by atoms with Gasteiger partial charge in [0.2, 0.25) is 5.91 Å². The molecule has 1 amide bonds. The molecule has 1 aliphatic heterocycles. The summed E-state index contributed by atoms with van der Waals surface area (Å²) in [5, 5.41) is 25.5. The Bertz CT molecular complexity index is 483. The number of phenolic OH excluding ortho intramolecular Hbond substituents is 1. The standard InChI is InChI=1S/C11H13N3O4/c15-7-3-4-8(10(6-7)14(17)18)13-11(16)9-2-1-5-12-9/h3-4,6,9,12,15H,1-2,5H2,(H,13,16). The molecule has 3 N–H and O–H groups in total. The van der Waals surface area contributed by atoms with E-state index in [0.29, 0.717) is 0 Å². The number of nitro benzene ring substituents is 1. The number of amides is 1. The molecule has 7 heteroatoms. The molecule has 0 radical (unpaired) electrons. The SMILES string of the molecule is O=C(Nc1ccc(O)cc1[N+](=O)[O-])C1CCCN1. The maximum absolute atomic E-state index is 11.8. The number of carbonyl (C=O) groups is 1. The number of rotatable bonds is 3. The first-order valence-electron chi connectivity index (χ1n) is 5.59. The van der Waals surface area contributed by atoms with Gasteiger partial charge in [0.25, 0.3) is 5.69 Å². The van der Waals surface area contributed by atoms with Gasteiger partial charge in [-0.25, -0.2) is 0 Å². The maximum atomic E-state index is 11.8. The fraction of sp³-hybridized carbons (Fsp3) is 0.364. The molecule has 2 rings (SSSR count). The monoisotopic (exact) mass is 251 g/mol. The Hall–Kier alpha value is -2.15. The minimum absolute atomic E-state index is 0.0940. The van der Waals surface area contributed by atoms with Crippen LogP contribution in [0.25, 0.3) is 0 Å². The molecule has 1 aromatic carbocycles. The summed E-state index contributed by atoms with van der Waals surface area (Å²) in [7, 11) is 0. The lowest BCUT2D eigenvalue weighted by Gasteiger charge is -2.11. The molecule has 1 heterocycles. The van der Waals surface area contributed by atoms with E-state index in [0.717, 1.165) is 25.5 Å². The summed E-state index contributed by atoms with van der Waals surface area (Å²) in [4.78, 5) is 22.0. The zero-order chi connectivity index (χ0) is 13.1. The molecule has 0 saturated carbocycles. The molecule has 0 bridgehead atoms. The van der Waals surface area contributed by atoms with Crippen LogP contribution in [0, 0.1) is 10.1 Å². The normalized spacial score (nSPS) is 18.6. The van der Waals surface area contributed by atoms with E-state index in [1.165, 1.54) is 12.1 Å². The molecule has 18 heavy (non-hydrogen) atoms. The Balaban J connectivity index is 2.17. The molecule has 1 unspecified atom stereocenters. The van der Waals surface area contributed by atoms with Crippen LogP contribution in [0.2, 0.25) is 0 Å². The lowest BCUT2D eigenvalue weighted by Crippen LogP contribution is -2.35. The number of nitrogens with one attached hydrogen (secondary N) is 2. The first kappa shape index (κ1) is 12.3. The van der Waals surface area contributed by atoms with Crippen LogP contribution >= 0.6 is 0 Å². The van der Waals surface area contributed by atoms with E-state index in [2.05, 4.69) is 10.6 Å². The molecule has 0 aliphatic carbocycles. The van der Waals surface area contributed by atoms with Crippen molar-refractivity contribution in [1.29, 1.82) is 0 Å². The number of aromatic hydroxyl groups is 1. The molecule has 7 nitrogen and oxygen atoms in total. The third-order valence-corrected chi connectivity index (χ3v) is 2.81. The molecular formula is C11H13N3O4. The van der Waals surface area contributed by atoms with Crippen LogP contribution in [-0.2, 0) is 4.79 Å². The summed E-state index contributed by atoms with van der Waals surface area (Å²) < 4.78 is 0. The molecule has 1 atom stereocenters. The average Bonchev–Trinajstić information content (AvgIpc) is 2.84. The van der Waals surface area contributed by atoms with Crippen molar-refractivity contribution in [2.45, 2.75) is 18.9 Å². The van der Waals surface area contributed by atoms with E-state index < -0.39 is 4.92 Å². The van der Waals surface area contributed by atoms with Gasteiger partial charge in [0.05, 0.1) is 17.0 Å². The number of hydrogen-bond acceptors (Lipinski definition) is 5. The van der Waals surface area contributed by atoms with Crippen molar-refractivity contribution >= 4 is 17.3 Å². The highest BCUT2D eigenvalue weighted by Crippen LogP contribution is 2.28. The summed E-state index contributed by atoms with van der Waals surface area (Å²) in [6, 6.07) is 3.32. The van der Waals surface area contributed by atoms with Gasteiger partial charge < -0.3 is 15.7 Å². The Morgan fingerprint density at radius 3 is 2.94 bits per heavy atom. The minimum Gasteiger partial charge on any atom is -0.508 e. The second-order valence-corrected chi connectivity index (χ2v) is 4.10. The van der Waals surface area contributed by atoms with Gasteiger partial charge in [0.15, 0.2) is 0 Å². The van der Waals surface area contributed by atoms with Crippen molar-refractivity contribution < 1.29 is 14.8 Å². The third-order valence-electron chi connectivity index (χ3n) is 2.81. The van der Waals surface area contributed by atoms with Gasteiger partial charge in [0.1, 0.15) is 11.4 Å². The number of phenols is 1. The highest BCUT2D eigenvalue weighted by Gasteiger charge is 2.24. The Labute approximate surface area is 103 Å². The first-order valence-corrected chi connectivity index (χ1v) is 5.59. The highest BCUT2D eigenvalue weighted by molar-refractivity contribution is 5.97. The number of anilines is 1. The van der Waals surface area contributed by atoms with Crippen molar-refractivity contribution in [3.63, 3.8) is 0 Å². The lowest BCUT2D eigenvalue weighted by atomic mass is 10.2.